The molecule has 0 aliphatic carbocycles. The first kappa shape index (κ1) is 18.3. The van der Waals surface area contributed by atoms with Crippen molar-refractivity contribution in [2.75, 3.05) is 13.1 Å². The molecule has 2 aromatic heterocycles. The molecule has 2 bridgehead atoms. The summed E-state index contributed by atoms with van der Waals surface area (Å²) >= 11 is 2.92. The minimum absolute atomic E-state index is 0. The summed E-state index contributed by atoms with van der Waals surface area (Å²) in [5, 5.41) is 6.33. The first-order valence-electron chi connectivity index (χ1n) is 7.82. The molecule has 4 rings (SSSR count). The molecule has 0 spiro atoms. The van der Waals surface area contributed by atoms with Crippen LogP contribution in [0.5, 0.6) is 0 Å². The highest BCUT2D eigenvalue weighted by atomic mass is 35.5. The van der Waals surface area contributed by atoms with Crippen molar-refractivity contribution in [2.45, 2.75) is 42.5 Å². The smallest absolute Gasteiger partial charge is 0.253 e. The molecule has 2 fully saturated rings. The van der Waals surface area contributed by atoms with Crippen LogP contribution in [0.4, 0.5) is 0 Å². The number of thiophene rings is 1. The van der Waals surface area contributed by atoms with Gasteiger partial charge in [-0.15, -0.1) is 35.1 Å². The summed E-state index contributed by atoms with van der Waals surface area (Å²) in [6.45, 7) is 3.63. The van der Waals surface area contributed by atoms with Gasteiger partial charge in [-0.05, 0) is 44.9 Å². The Balaban J connectivity index is 0.00000169. The Hall–Kier alpha value is -0.510. The van der Waals surface area contributed by atoms with Crippen LogP contribution in [-0.2, 0) is 10.0 Å². The van der Waals surface area contributed by atoms with Crippen LogP contribution < -0.4 is 5.32 Å². The van der Waals surface area contributed by atoms with E-state index < -0.39 is 10.0 Å². The van der Waals surface area contributed by atoms with E-state index in [9.17, 15) is 8.42 Å². The summed E-state index contributed by atoms with van der Waals surface area (Å²) in [5.74, 6) is 0. The van der Waals surface area contributed by atoms with Gasteiger partial charge < -0.3 is 5.32 Å². The normalized spacial score (nSPS) is 24.5. The third-order valence-corrected chi connectivity index (χ3v) is 8.93. The van der Waals surface area contributed by atoms with Crippen LogP contribution in [-0.4, -0.2) is 42.9 Å². The maximum absolute atomic E-state index is 13.1. The average molecular weight is 406 g/mol. The van der Waals surface area contributed by atoms with Gasteiger partial charge in [0.1, 0.15) is 4.21 Å². The first-order chi connectivity index (χ1) is 11.1. The quantitative estimate of drug-likeness (QED) is 0.852. The molecule has 9 heteroatoms. The number of nitrogens with zero attached hydrogens (tertiary/aromatic N) is 2. The monoisotopic (exact) mass is 405 g/mol. The maximum Gasteiger partial charge on any atom is 0.253 e. The molecule has 0 aromatic carbocycles. The van der Waals surface area contributed by atoms with E-state index in [0.29, 0.717) is 4.21 Å². The van der Waals surface area contributed by atoms with Crippen LogP contribution in [0.3, 0.4) is 0 Å². The molecule has 0 saturated carbocycles. The predicted molar refractivity (Wildman–Crippen MR) is 101 cm³/mol. The van der Waals surface area contributed by atoms with Crippen molar-refractivity contribution in [3.63, 3.8) is 0 Å². The van der Waals surface area contributed by atoms with Crippen LogP contribution in [0.2, 0.25) is 0 Å². The minimum Gasteiger partial charge on any atom is -0.315 e. The number of nitrogens with one attached hydrogen (secondary N) is 1. The van der Waals surface area contributed by atoms with Crippen LogP contribution >= 0.6 is 35.1 Å². The Morgan fingerprint density at radius 3 is 2.79 bits per heavy atom. The molecule has 1 N–H and O–H groups in total. The van der Waals surface area contributed by atoms with E-state index in [0.717, 1.165) is 47.9 Å². The maximum atomic E-state index is 13.1. The van der Waals surface area contributed by atoms with Crippen molar-refractivity contribution in [3.05, 3.63) is 22.5 Å². The lowest BCUT2D eigenvalue weighted by Gasteiger charge is -2.26. The molecule has 2 aliphatic heterocycles. The highest BCUT2D eigenvalue weighted by Gasteiger charge is 2.43. The second-order valence-electron chi connectivity index (χ2n) is 6.08. The van der Waals surface area contributed by atoms with Crippen LogP contribution in [0.25, 0.3) is 10.6 Å². The number of sulfonamides is 1. The van der Waals surface area contributed by atoms with Gasteiger partial charge in [-0.25, -0.2) is 13.4 Å². The molecule has 0 amide bonds. The zero-order valence-electron chi connectivity index (χ0n) is 13.3. The molecule has 2 aromatic rings. The van der Waals surface area contributed by atoms with Gasteiger partial charge in [0.25, 0.3) is 10.0 Å². The molecule has 5 nitrogen and oxygen atoms in total. The van der Waals surface area contributed by atoms with E-state index >= 15 is 0 Å². The van der Waals surface area contributed by atoms with Gasteiger partial charge in [0.15, 0.2) is 0 Å². The van der Waals surface area contributed by atoms with E-state index in [-0.39, 0.29) is 24.5 Å². The van der Waals surface area contributed by atoms with Crippen molar-refractivity contribution >= 4 is 45.1 Å². The Bertz CT molecular complexity index is 804. The Kier molecular flexibility index (Phi) is 5.34. The van der Waals surface area contributed by atoms with E-state index in [2.05, 4.69) is 10.3 Å². The van der Waals surface area contributed by atoms with Gasteiger partial charge in [0, 0.05) is 24.0 Å². The molecule has 2 saturated heterocycles. The molecular weight excluding hydrogens is 386 g/mol. The molecule has 0 radical (unpaired) electrons. The van der Waals surface area contributed by atoms with Crippen LogP contribution in [0.1, 0.15) is 24.3 Å². The van der Waals surface area contributed by atoms with E-state index in [1.54, 1.807) is 21.7 Å². The van der Waals surface area contributed by atoms with Gasteiger partial charge in [0.05, 0.1) is 15.6 Å². The highest BCUT2D eigenvalue weighted by molar-refractivity contribution is 7.91. The standard InChI is InChI=1S/C15H19N3O2S3.ClH/c1-10-17-13(9-21-10)14-4-5-15(22-14)23(19,20)18-11-2-3-12(18)8-16-7-6-11;/h4-5,9,11-12,16H,2-3,6-8H2,1H3;1H. The van der Waals surface area contributed by atoms with Crippen molar-refractivity contribution < 1.29 is 8.42 Å². The fourth-order valence-electron chi connectivity index (χ4n) is 3.51. The molecule has 132 valence electrons. The van der Waals surface area contributed by atoms with Gasteiger partial charge in [-0.2, -0.15) is 4.31 Å². The van der Waals surface area contributed by atoms with Gasteiger partial charge in [0.2, 0.25) is 0 Å². The number of rotatable bonds is 3. The van der Waals surface area contributed by atoms with Crippen molar-refractivity contribution in [1.82, 2.24) is 14.6 Å². The third-order valence-electron chi connectivity index (χ3n) is 4.57. The number of fused-ring (bicyclic) bond motifs is 2. The van der Waals surface area contributed by atoms with E-state index in [1.165, 1.54) is 11.3 Å². The molecule has 2 atom stereocenters. The van der Waals surface area contributed by atoms with E-state index in [1.807, 2.05) is 18.4 Å². The SMILES string of the molecule is Cc1nc(-c2ccc(S(=O)(=O)N3C4CCNCC3CC4)s2)cs1.Cl. The number of thiazole rings is 1. The first-order valence-corrected chi connectivity index (χ1v) is 11.0. The lowest BCUT2D eigenvalue weighted by atomic mass is 10.1. The molecule has 4 heterocycles. The number of aromatic nitrogens is 1. The number of hydrogen-bond acceptors (Lipinski definition) is 6. The van der Waals surface area contributed by atoms with Gasteiger partial charge >= 0.3 is 0 Å². The summed E-state index contributed by atoms with van der Waals surface area (Å²) in [5.41, 5.74) is 0.874. The summed E-state index contributed by atoms with van der Waals surface area (Å²) in [4.78, 5) is 5.38. The zero-order valence-corrected chi connectivity index (χ0v) is 16.5. The molecular formula is C15H20ClN3O2S3. The molecule has 2 aliphatic rings. The summed E-state index contributed by atoms with van der Waals surface area (Å²) in [6.07, 6.45) is 2.84. The minimum atomic E-state index is -3.41. The van der Waals surface area contributed by atoms with Gasteiger partial charge in [-0.3, -0.25) is 0 Å². The second kappa shape index (κ2) is 7.01. The van der Waals surface area contributed by atoms with Crippen molar-refractivity contribution in [1.29, 1.82) is 0 Å². The molecule has 2 unspecified atom stereocenters. The molecule has 24 heavy (non-hydrogen) atoms. The predicted octanol–water partition coefficient (Wildman–Crippen LogP) is 3.12. The summed E-state index contributed by atoms with van der Waals surface area (Å²) < 4.78 is 28.5. The highest BCUT2D eigenvalue weighted by Crippen LogP contribution is 2.38. The van der Waals surface area contributed by atoms with Crippen molar-refractivity contribution in [2.24, 2.45) is 0 Å². The summed E-state index contributed by atoms with van der Waals surface area (Å²) in [6, 6.07) is 3.86. The largest absolute Gasteiger partial charge is 0.315 e. The third kappa shape index (κ3) is 3.15. The lowest BCUT2D eigenvalue weighted by molar-refractivity contribution is 0.335. The van der Waals surface area contributed by atoms with Gasteiger partial charge in [-0.1, -0.05) is 0 Å². The Morgan fingerprint density at radius 1 is 1.25 bits per heavy atom. The van der Waals surface area contributed by atoms with Crippen molar-refractivity contribution in [3.8, 4) is 10.6 Å². The summed E-state index contributed by atoms with van der Waals surface area (Å²) in [7, 11) is -3.41. The number of halogens is 1. The zero-order chi connectivity index (χ0) is 16.0. The average Bonchev–Trinajstić information content (AvgIpc) is 3.17. The Morgan fingerprint density at radius 2 is 2.04 bits per heavy atom. The second-order valence-corrected chi connectivity index (χ2v) is 10.3. The fraction of sp³-hybridized carbons (Fsp3) is 0.533. The fourth-order valence-corrected chi connectivity index (χ4v) is 7.47. The number of aryl methyl sites for hydroxylation is 1. The lowest BCUT2D eigenvalue weighted by Crippen LogP contribution is -2.42. The van der Waals surface area contributed by atoms with E-state index in [4.69, 9.17) is 0 Å². The topological polar surface area (TPSA) is 62.3 Å². The Labute approximate surface area is 156 Å². The van der Waals surface area contributed by atoms with Crippen LogP contribution in [0.15, 0.2) is 21.7 Å². The van der Waals surface area contributed by atoms with Crippen LogP contribution in [0, 0.1) is 6.92 Å². The number of hydrogen-bond donors (Lipinski definition) is 1.